The van der Waals surface area contributed by atoms with Gasteiger partial charge in [-0.15, -0.1) is 0 Å². The van der Waals surface area contributed by atoms with Crippen LogP contribution in [0.4, 0.5) is 0 Å². The van der Waals surface area contributed by atoms with Gasteiger partial charge in [-0.05, 0) is 44.1 Å². The maximum absolute atomic E-state index is 13.7. The fraction of sp³-hybridized carbons (Fsp3) is 0.739. The van der Waals surface area contributed by atoms with E-state index in [9.17, 15) is 14.7 Å². The summed E-state index contributed by atoms with van der Waals surface area (Å²) in [4.78, 5) is 30.8. The van der Waals surface area contributed by atoms with Crippen LogP contribution in [0.5, 0.6) is 0 Å². The number of likely N-dealkylation sites (tertiary alicyclic amines) is 1. The number of nitrogens with zero attached hydrogens (tertiary/aromatic N) is 3. The molecule has 0 aromatic carbocycles. The van der Waals surface area contributed by atoms with Crippen molar-refractivity contribution in [3.05, 3.63) is 34.2 Å². The standard InChI is InChI=1S/C23H33N3O3/c27-15-17-19-14-25-18(9-6-10-20(25)28)22(26(19)13-16-7-2-3-8-16)21(17)23(29)24-11-4-1-5-12-24/h6,9-10,16-17,19,21-22,27H,1-5,7-8,11-15H2/t17-,19-,21+,22+/m1/s1. The molecule has 1 N–H and O–H groups in total. The van der Waals surface area contributed by atoms with Crippen molar-refractivity contribution in [3.63, 3.8) is 0 Å². The monoisotopic (exact) mass is 399 g/mol. The van der Waals surface area contributed by atoms with Gasteiger partial charge in [0.25, 0.3) is 5.56 Å². The Kier molecular flexibility index (Phi) is 5.25. The minimum atomic E-state index is -0.250. The second-order valence-electron chi connectivity index (χ2n) is 9.52. The van der Waals surface area contributed by atoms with Crippen molar-refractivity contribution in [1.29, 1.82) is 0 Å². The number of carbonyl (C=O) groups is 1. The van der Waals surface area contributed by atoms with Gasteiger partial charge in [0.1, 0.15) is 0 Å². The highest BCUT2D eigenvalue weighted by atomic mass is 16.3. The first-order valence-electron chi connectivity index (χ1n) is 11.5. The Bertz CT molecular complexity index is 810. The number of hydrogen-bond acceptors (Lipinski definition) is 4. The SMILES string of the molecule is O=C([C@H]1[C@H](CO)[C@H]2Cn3c(cccc3=O)[C@@H]1N2CC1CCCC1)N1CCCCC1. The summed E-state index contributed by atoms with van der Waals surface area (Å²) in [5.74, 6) is 0.512. The Morgan fingerprint density at radius 2 is 1.83 bits per heavy atom. The van der Waals surface area contributed by atoms with E-state index in [4.69, 9.17) is 0 Å². The summed E-state index contributed by atoms with van der Waals surface area (Å²) in [5, 5.41) is 10.4. The molecule has 3 aliphatic heterocycles. The lowest BCUT2D eigenvalue weighted by atomic mass is 9.85. The first-order chi connectivity index (χ1) is 14.2. The van der Waals surface area contributed by atoms with Crippen molar-refractivity contribution in [1.82, 2.24) is 14.4 Å². The molecule has 6 heteroatoms. The van der Waals surface area contributed by atoms with E-state index >= 15 is 0 Å². The minimum Gasteiger partial charge on any atom is -0.396 e. The van der Waals surface area contributed by atoms with Crippen LogP contribution >= 0.6 is 0 Å². The van der Waals surface area contributed by atoms with Gasteiger partial charge in [-0.3, -0.25) is 14.5 Å². The summed E-state index contributed by atoms with van der Waals surface area (Å²) in [5.41, 5.74) is 0.985. The molecule has 2 bridgehead atoms. The van der Waals surface area contributed by atoms with Crippen LogP contribution in [0.3, 0.4) is 0 Å². The smallest absolute Gasteiger partial charge is 0.250 e. The van der Waals surface area contributed by atoms with Crippen LogP contribution < -0.4 is 5.56 Å². The number of amides is 1. The average Bonchev–Trinajstić information content (AvgIpc) is 3.32. The Morgan fingerprint density at radius 1 is 1.07 bits per heavy atom. The number of fused-ring (bicyclic) bond motifs is 4. The molecule has 0 radical (unpaired) electrons. The predicted octanol–water partition coefficient (Wildman–Crippen LogP) is 2.01. The van der Waals surface area contributed by atoms with Crippen molar-refractivity contribution >= 4 is 5.91 Å². The first kappa shape index (κ1) is 19.3. The zero-order chi connectivity index (χ0) is 20.0. The zero-order valence-electron chi connectivity index (χ0n) is 17.2. The highest BCUT2D eigenvalue weighted by Crippen LogP contribution is 2.49. The van der Waals surface area contributed by atoms with E-state index in [2.05, 4.69) is 4.90 Å². The highest BCUT2D eigenvalue weighted by Gasteiger charge is 2.56. The van der Waals surface area contributed by atoms with E-state index in [1.54, 1.807) is 6.07 Å². The first-order valence-corrected chi connectivity index (χ1v) is 11.5. The lowest BCUT2D eigenvalue weighted by Gasteiger charge is -2.40. The number of hydrogen-bond donors (Lipinski definition) is 1. The lowest BCUT2D eigenvalue weighted by molar-refractivity contribution is -0.139. The second kappa shape index (κ2) is 7.88. The molecule has 1 saturated carbocycles. The number of carbonyl (C=O) groups excluding carboxylic acids is 1. The molecular formula is C23H33N3O3. The number of aliphatic hydroxyl groups is 1. The fourth-order valence-electron chi connectivity index (χ4n) is 6.52. The second-order valence-corrected chi connectivity index (χ2v) is 9.52. The number of aliphatic hydroxyl groups excluding tert-OH is 1. The third kappa shape index (κ3) is 3.25. The number of piperidine rings is 1. The molecular weight excluding hydrogens is 366 g/mol. The van der Waals surface area contributed by atoms with Crippen LogP contribution in [-0.2, 0) is 11.3 Å². The van der Waals surface area contributed by atoms with Crippen molar-refractivity contribution < 1.29 is 9.90 Å². The van der Waals surface area contributed by atoms with Crippen molar-refractivity contribution in [2.75, 3.05) is 26.2 Å². The molecule has 5 rings (SSSR count). The summed E-state index contributed by atoms with van der Waals surface area (Å²) in [7, 11) is 0. The third-order valence-corrected chi connectivity index (χ3v) is 7.94. The molecule has 4 aliphatic rings. The van der Waals surface area contributed by atoms with E-state index in [1.165, 1.54) is 32.1 Å². The Labute approximate surface area is 172 Å². The Morgan fingerprint density at radius 3 is 2.55 bits per heavy atom. The lowest BCUT2D eigenvalue weighted by Crippen LogP contribution is -2.48. The van der Waals surface area contributed by atoms with Gasteiger partial charge >= 0.3 is 0 Å². The summed E-state index contributed by atoms with van der Waals surface area (Å²) < 4.78 is 1.87. The topological polar surface area (TPSA) is 65.8 Å². The van der Waals surface area contributed by atoms with Gasteiger partial charge in [0.15, 0.2) is 0 Å². The fourth-order valence-corrected chi connectivity index (χ4v) is 6.52. The number of aromatic nitrogens is 1. The Hall–Kier alpha value is -1.66. The van der Waals surface area contributed by atoms with Crippen molar-refractivity contribution in [2.24, 2.45) is 17.8 Å². The molecule has 4 heterocycles. The normalized spacial score (nSPS) is 32.5. The van der Waals surface area contributed by atoms with Crippen LogP contribution in [0.25, 0.3) is 0 Å². The highest BCUT2D eigenvalue weighted by molar-refractivity contribution is 5.81. The largest absolute Gasteiger partial charge is 0.396 e. The van der Waals surface area contributed by atoms with Crippen LogP contribution in [0.2, 0.25) is 0 Å². The molecule has 2 saturated heterocycles. The quantitative estimate of drug-likeness (QED) is 0.841. The summed E-state index contributed by atoms with van der Waals surface area (Å²) in [6.45, 7) is 3.24. The third-order valence-electron chi connectivity index (χ3n) is 7.94. The van der Waals surface area contributed by atoms with E-state index in [1.807, 2.05) is 21.6 Å². The molecule has 1 aromatic rings. The summed E-state index contributed by atoms with van der Waals surface area (Å²) in [6, 6.07) is 5.45. The predicted molar refractivity (Wildman–Crippen MR) is 110 cm³/mol. The van der Waals surface area contributed by atoms with Gasteiger partial charge < -0.3 is 14.6 Å². The average molecular weight is 400 g/mol. The van der Waals surface area contributed by atoms with Gasteiger partial charge in [-0.25, -0.2) is 0 Å². The molecule has 6 nitrogen and oxygen atoms in total. The van der Waals surface area contributed by atoms with E-state index in [-0.39, 0.29) is 42.0 Å². The molecule has 0 unspecified atom stereocenters. The minimum absolute atomic E-state index is 0.00925. The van der Waals surface area contributed by atoms with E-state index in [0.29, 0.717) is 12.5 Å². The summed E-state index contributed by atoms with van der Waals surface area (Å²) >= 11 is 0. The molecule has 1 amide bonds. The van der Waals surface area contributed by atoms with E-state index < -0.39 is 0 Å². The molecule has 29 heavy (non-hydrogen) atoms. The Balaban J connectivity index is 1.54. The van der Waals surface area contributed by atoms with Gasteiger partial charge in [-0.1, -0.05) is 18.9 Å². The molecule has 0 spiro atoms. The van der Waals surface area contributed by atoms with Crippen LogP contribution in [0, 0.1) is 17.8 Å². The van der Waals surface area contributed by atoms with Crippen molar-refractivity contribution in [2.45, 2.75) is 63.6 Å². The van der Waals surface area contributed by atoms with Crippen molar-refractivity contribution in [3.8, 4) is 0 Å². The molecule has 1 aromatic heterocycles. The van der Waals surface area contributed by atoms with Crippen LogP contribution in [-0.4, -0.2) is 57.7 Å². The molecule has 158 valence electrons. The van der Waals surface area contributed by atoms with Gasteiger partial charge in [-0.2, -0.15) is 0 Å². The van der Waals surface area contributed by atoms with Gasteiger partial charge in [0, 0.05) is 56.5 Å². The number of rotatable bonds is 4. The van der Waals surface area contributed by atoms with Crippen LogP contribution in [0.1, 0.15) is 56.7 Å². The molecule has 3 fully saturated rings. The summed E-state index contributed by atoms with van der Waals surface area (Å²) in [6.07, 6.45) is 8.43. The number of pyridine rings is 1. The zero-order valence-corrected chi connectivity index (χ0v) is 17.2. The molecule has 1 aliphatic carbocycles. The van der Waals surface area contributed by atoms with Gasteiger partial charge in [0.05, 0.1) is 12.0 Å². The molecule has 4 atom stereocenters. The van der Waals surface area contributed by atoms with E-state index in [0.717, 1.165) is 38.2 Å². The van der Waals surface area contributed by atoms with Crippen LogP contribution in [0.15, 0.2) is 23.0 Å². The maximum atomic E-state index is 13.7. The van der Waals surface area contributed by atoms with Gasteiger partial charge in [0.2, 0.25) is 5.91 Å². The maximum Gasteiger partial charge on any atom is 0.250 e.